The second-order valence-electron chi connectivity index (χ2n) is 6.21. The van der Waals surface area contributed by atoms with Crippen LogP contribution in [0.15, 0.2) is 36.4 Å². The Hall–Kier alpha value is -3.39. The molecule has 2 aromatic rings. The van der Waals surface area contributed by atoms with Crippen LogP contribution in [0.25, 0.3) is 6.08 Å². The minimum Gasteiger partial charge on any atom is -0.497 e. The first-order chi connectivity index (χ1) is 14.8. The van der Waals surface area contributed by atoms with Crippen LogP contribution < -0.4 is 24.3 Å². The number of anilines is 1. The number of carbonyl (C=O) groups is 2. The Morgan fingerprint density at radius 2 is 1.68 bits per heavy atom. The summed E-state index contributed by atoms with van der Waals surface area (Å²) >= 11 is 6.15. The molecule has 9 heteroatoms. The number of nitrogens with one attached hydrogen (secondary N) is 1. The molecule has 0 heterocycles. The first-order valence-corrected chi connectivity index (χ1v) is 9.53. The molecule has 0 aliphatic heterocycles. The summed E-state index contributed by atoms with van der Waals surface area (Å²) in [5.74, 6) is 0.564. The Morgan fingerprint density at radius 3 is 2.29 bits per heavy atom. The van der Waals surface area contributed by atoms with E-state index in [0.29, 0.717) is 39.3 Å². The molecular formula is C22H24ClNO7. The maximum atomic E-state index is 12.4. The minimum absolute atomic E-state index is 0.329. The van der Waals surface area contributed by atoms with Gasteiger partial charge in [0, 0.05) is 12.1 Å². The van der Waals surface area contributed by atoms with Crippen LogP contribution in [-0.2, 0) is 14.3 Å². The van der Waals surface area contributed by atoms with Gasteiger partial charge in [-0.15, -0.1) is 0 Å². The highest BCUT2D eigenvalue weighted by molar-refractivity contribution is 6.32. The third kappa shape index (κ3) is 6.29. The first kappa shape index (κ1) is 23.9. The fourth-order valence-corrected chi connectivity index (χ4v) is 2.91. The molecule has 1 amide bonds. The van der Waals surface area contributed by atoms with Gasteiger partial charge in [-0.3, -0.25) is 4.79 Å². The van der Waals surface area contributed by atoms with Crippen LogP contribution in [-0.4, -0.2) is 46.4 Å². The van der Waals surface area contributed by atoms with Gasteiger partial charge in [0.25, 0.3) is 5.91 Å². The predicted molar refractivity (Wildman–Crippen MR) is 117 cm³/mol. The molecule has 0 aromatic heterocycles. The molecule has 0 saturated heterocycles. The molecule has 0 spiro atoms. The lowest BCUT2D eigenvalue weighted by Crippen LogP contribution is -2.29. The second-order valence-corrected chi connectivity index (χ2v) is 6.61. The summed E-state index contributed by atoms with van der Waals surface area (Å²) in [6.45, 7) is 1.46. The highest BCUT2D eigenvalue weighted by atomic mass is 35.5. The van der Waals surface area contributed by atoms with Crippen LogP contribution in [0.5, 0.6) is 23.0 Å². The van der Waals surface area contributed by atoms with E-state index in [1.807, 2.05) is 0 Å². The Morgan fingerprint density at radius 1 is 0.968 bits per heavy atom. The lowest BCUT2D eigenvalue weighted by molar-refractivity contribution is -0.148. The van der Waals surface area contributed by atoms with Crippen LogP contribution in [0.2, 0.25) is 5.02 Å². The molecule has 2 aromatic carbocycles. The number of hydrogen-bond acceptors (Lipinski definition) is 7. The molecule has 0 aliphatic carbocycles. The largest absolute Gasteiger partial charge is 0.497 e. The molecular weight excluding hydrogens is 426 g/mol. The van der Waals surface area contributed by atoms with E-state index >= 15 is 0 Å². The van der Waals surface area contributed by atoms with Crippen molar-refractivity contribution in [3.8, 4) is 23.0 Å². The van der Waals surface area contributed by atoms with E-state index in [2.05, 4.69) is 5.32 Å². The highest BCUT2D eigenvalue weighted by Crippen LogP contribution is 2.36. The SMILES string of the molecule is COc1ccc(OC)c(NC(=O)C(C)OC(=O)/C=C/c2cc(Cl)c(OC)c(OC)c2)c1. The molecule has 0 bridgehead atoms. The third-order valence-corrected chi connectivity index (χ3v) is 4.48. The number of esters is 1. The molecule has 31 heavy (non-hydrogen) atoms. The zero-order chi connectivity index (χ0) is 23.0. The summed E-state index contributed by atoms with van der Waals surface area (Å²) in [4.78, 5) is 24.6. The fourth-order valence-electron chi connectivity index (χ4n) is 2.61. The van der Waals surface area contributed by atoms with Gasteiger partial charge in [0.15, 0.2) is 17.6 Å². The topological polar surface area (TPSA) is 92.3 Å². The van der Waals surface area contributed by atoms with Gasteiger partial charge in [-0.1, -0.05) is 11.6 Å². The Balaban J connectivity index is 2.04. The van der Waals surface area contributed by atoms with Crippen LogP contribution >= 0.6 is 11.6 Å². The third-order valence-electron chi connectivity index (χ3n) is 4.19. The lowest BCUT2D eigenvalue weighted by Gasteiger charge is -2.15. The number of hydrogen-bond donors (Lipinski definition) is 1. The van der Waals surface area contributed by atoms with Crippen molar-refractivity contribution in [2.24, 2.45) is 0 Å². The van der Waals surface area contributed by atoms with Gasteiger partial charge in [-0.2, -0.15) is 0 Å². The number of carbonyl (C=O) groups excluding carboxylic acids is 2. The molecule has 0 saturated carbocycles. The van der Waals surface area contributed by atoms with Gasteiger partial charge >= 0.3 is 5.97 Å². The summed E-state index contributed by atoms with van der Waals surface area (Å²) in [6, 6.07) is 8.22. The van der Waals surface area contributed by atoms with Gasteiger partial charge in [0.1, 0.15) is 11.5 Å². The van der Waals surface area contributed by atoms with Crippen molar-refractivity contribution >= 4 is 35.2 Å². The number of ether oxygens (including phenoxy) is 5. The summed E-state index contributed by atoms with van der Waals surface area (Å²) < 4.78 is 25.9. The Kier molecular flexibility index (Phi) is 8.57. The monoisotopic (exact) mass is 449 g/mol. The minimum atomic E-state index is -1.05. The van der Waals surface area contributed by atoms with Crippen LogP contribution in [0.3, 0.4) is 0 Å². The van der Waals surface area contributed by atoms with Crippen molar-refractivity contribution in [1.82, 2.24) is 0 Å². The van der Waals surface area contributed by atoms with Crippen molar-refractivity contribution < 1.29 is 33.3 Å². The van der Waals surface area contributed by atoms with Gasteiger partial charge in [0.2, 0.25) is 0 Å². The predicted octanol–water partition coefficient (Wildman–Crippen LogP) is 3.96. The standard InChI is InChI=1S/C22H24ClNO7/c1-13(22(26)24-17-12-15(27-2)7-8-18(17)28-3)31-20(25)9-6-14-10-16(23)21(30-5)19(11-14)29-4/h6-13H,1-5H3,(H,24,26)/b9-6+. The fraction of sp³-hybridized carbons (Fsp3) is 0.273. The zero-order valence-electron chi connectivity index (χ0n) is 17.9. The van der Waals surface area contributed by atoms with Crippen LogP contribution in [0.4, 0.5) is 5.69 Å². The van der Waals surface area contributed by atoms with Gasteiger partial charge < -0.3 is 29.0 Å². The Labute approximate surface area is 185 Å². The van der Waals surface area contributed by atoms with Crippen LogP contribution in [0, 0.1) is 0 Å². The van der Waals surface area contributed by atoms with Crippen molar-refractivity contribution in [2.45, 2.75) is 13.0 Å². The molecule has 8 nitrogen and oxygen atoms in total. The first-order valence-electron chi connectivity index (χ1n) is 9.16. The molecule has 166 valence electrons. The van der Waals surface area contributed by atoms with Crippen molar-refractivity contribution in [1.29, 1.82) is 0 Å². The maximum absolute atomic E-state index is 12.4. The summed E-state index contributed by atoms with van der Waals surface area (Å²) in [6.07, 6.45) is 1.63. The second kappa shape index (κ2) is 11.1. The summed E-state index contributed by atoms with van der Waals surface area (Å²) in [5.41, 5.74) is 0.989. The zero-order valence-corrected chi connectivity index (χ0v) is 18.6. The highest BCUT2D eigenvalue weighted by Gasteiger charge is 2.19. The number of amides is 1. The van der Waals surface area contributed by atoms with E-state index in [9.17, 15) is 9.59 Å². The number of halogens is 1. The molecule has 2 rings (SSSR count). The van der Waals surface area contributed by atoms with Crippen molar-refractivity contribution in [3.05, 3.63) is 47.0 Å². The average Bonchev–Trinajstić information content (AvgIpc) is 2.76. The van der Waals surface area contributed by atoms with Crippen molar-refractivity contribution in [3.63, 3.8) is 0 Å². The number of methoxy groups -OCH3 is 4. The molecule has 0 fully saturated rings. The molecule has 0 radical (unpaired) electrons. The van der Waals surface area contributed by atoms with Gasteiger partial charge in [-0.05, 0) is 42.8 Å². The van der Waals surface area contributed by atoms with Gasteiger partial charge in [-0.25, -0.2) is 4.79 Å². The average molecular weight is 450 g/mol. The van der Waals surface area contributed by atoms with E-state index in [1.165, 1.54) is 47.5 Å². The summed E-state index contributed by atoms with van der Waals surface area (Å²) in [5, 5.41) is 2.99. The van der Waals surface area contributed by atoms with Crippen LogP contribution in [0.1, 0.15) is 12.5 Å². The Bertz CT molecular complexity index is 975. The van der Waals surface area contributed by atoms with E-state index < -0.39 is 18.0 Å². The van der Waals surface area contributed by atoms with E-state index in [1.54, 1.807) is 30.3 Å². The van der Waals surface area contributed by atoms with E-state index in [0.717, 1.165) is 0 Å². The summed E-state index contributed by atoms with van der Waals surface area (Å²) in [7, 11) is 5.94. The van der Waals surface area contributed by atoms with Crippen molar-refractivity contribution in [2.75, 3.05) is 33.8 Å². The number of rotatable bonds is 9. The number of benzene rings is 2. The quantitative estimate of drug-likeness (QED) is 0.457. The molecule has 0 aliphatic rings. The molecule has 1 atom stereocenters. The van der Waals surface area contributed by atoms with Gasteiger partial charge in [0.05, 0.1) is 39.1 Å². The molecule has 1 N–H and O–H groups in total. The normalized spacial score (nSPS) is 11.5. The maximum Gasteiger partial charge on any atom is 0.331 e. The lowest BCUT2D eigenvalue weighted by atomic mass is 10.2. The van der Waals surface area contributed by atoms with E-state index in [-0.39, 0.29) is 0 Å². The molecule has 1 unspecified atom stereocenters. The smallest absolute Gasteiger partial charge is 0.331 e. The van der Waals surface area contributed by atoms with E-state index in [4.69, 9.17) is 35.3 Å².